The summed E-state index contributed by atoms with van der Waals surface area (Å²) in [6.07, 6.45) is -0.930. The zero-order valence-electron chi connectivity index (χ0n) is 6.36. The van der Waals surface area contributed by atoms with Crippen molar-refractivity contribution in [1.29, 1.82) is 0 Å². The normalized spacial score (nSPS) is 15.2. The van der Waals surface area contributed by atoms with Gasteiger partial charge in [-0.3, -0.25) is 0 Å². The van der Waals surface area contributed by atoms with Crippen molar-refractivity contribution in [2.45, 2.75) is 19.1 Å². The maximum atomic E-state index is 10.4. The molecule has 0 saturated carbocycles. The minimum Gasteiger partial charge on any atom is -0.460 e. The molecule has 0 aromatic rings. The standard InChI is InChI=1S/C7H12O4/c1-3-7(10)11-4-6(9)5(2)8/h3,5-6,8-9H,1,4H2,2H3. The number of rotatable bonds is 4. The molecule has 4 heteroatoms. The number of carbonyl (C=O) groups excluding carboxylic acids is 1. The zero-order valence-corrected chi connectivity index (χ0v) is 6.36. The van der Waals surface area contributed by atoms with Gasteiger partial charge in [-0.05, 0) is 6.92 Å². The van der Waals surface area contributed by atoms with Crippen LogP contribution in [0.4, 0.5) is 0 Å². The van der Waals surface area contributed by atoms with Gasteiger partial charge >= 0.3 is 5.97 Å². The Kier molecular flexibility index (Phi) is 4.49. The Morgan fingerprint density at radius 2 is 2.27 bits per heavy atom. The number of hydrogen-bond acceptors (Lipinski definition) is 4. The lowest BCUT2D eigenvalue weighted by atomic mass is 10.2. The summed E-state index contributed by atoms with van der Waals surface area (Å²) < 4.78 is 4.45. The second-order valence-electron chi connectivity index (χ2n) is 2.14. The Balaban J connectivity index is 3.53. The molecule has 0 radical (unpaired) electrons. The van der Waals surface area contributed by atoms with Gasteiger partial charge < -0.3 is 14.9 Å². The predicted octanol–water partition coefficient (Wildman–Crippen LogP) is -0.543. The molecule has 64 valence electrons. The summed E-state index contributed by atoms with van der Waals surface area (Å²) >= 11 is 0. The van der Waals surface area contributed by atoms with Crippen LogP contribution in [0, 0.1) is 0 Å². The van der Waals surface area contributed by atoms with Gasteiger partial charge in [0.1, 0.15) is 12.7 Å². The van der Waals surface area contributed by atoms with Crippen molar-refractivity contribution in [3.63, 3.8) is 0 Å². The van der Waals surface area contributed by atoms with Crippen LogP contribution in [0.5, 0.6) is 0 Å². The smallest absolute Gasteiger partial charge is 0.330 e. The minimum absolute atomic E-state index is 0.206. The first-order valence-electron chi connectivity index (χ1n) is 3.23. The first kappa shape index (κ1) is 10.1. The second kappa shape index (κ2) is 4.87. The van der Waals surface area contributed by atoms with E-state index in [2.05, 4.69) is 11.3 Å². The largest absolute Gasteiger partial charge is 0.460 e. The molecule has 0 saturated heterocycles. The third-order valence-electron chi connectivity index (χ3n) is 1.12. The molecule has 0 rings (SSSR count). The molecule has 4 nitrogen and oxygen atoms in total. The van der Waals surface area contributed by atoms with Crippen molar-refractivity contribution in [3.8, 4) is 0 Å². The third-order valence-corrected chi connectivity index (χ3v) is 1.12. The minimum atomic E-state index is -1.03. The molecule has 0 aromatic carbocycles. The molecular weight excluding hydrogens is 148 g/mol. The Labute approximate surface area is 65.1 Å². The Bertz CT molecular complexity index is 141. The Hall–Kier alpha value is -0.870. The summed E-state index contributed by atoms with van der Waals surface area (Å²) in [5, 5.41) is 17.6. The summed E-state index contributed by atoms with van der Waals surface area (Å²) in [6.45, 7) is 4.37. The van der Waals surface area contributed by atoms with E-state index in [0.29, 0.717) is 0 Å². The van der Waals surface area contributed by atoms with Crippen LogP contribution in [0.15, 0.2) is 12.7 Å². The second-order valence-corrected chi connectivity index (χ2v) is 2.14. The molecule has 0 aliphatic rings. The number of aliphatic hydroxyl groups excluding tert-OH is 2. The van der Waals surface area contributed by atoms with Crippen LogP contribution in [0.25, 0.3) is 0 Å². The van der Waals surface area contributed by atoms with E-state index in [1.54, 1.807) is 0 Å². The third kappa shape index (κ3) is 4.52. The molecular formula is C7H12O4. The SMILES string of the molecule is C=CC(=O)OCC(O)C(C)O. The highest BCUT2D eigenvalue weighted by Crippen LogP contribution is 1.93. The quantitative estimate of drug-likeness (QED) is 0.428. The van der Waals surface area contributed by atoms with Gasteiger partial charge in [-0.25, -0.2) is 4.79 Å². The lowest BCUT2D eigenvalue weighted by Gasteiger charge is -2.12. The lowest BCUT2D eigenvalue weighted by molar-refractivity contribution is -0.142. The van der Waals surface area contributed by atoms with Gasteiger partial charge in [0, 0.05) is 6.08 Å². The zero-order chi connectivity index (χ0) is 8.85. The lowest BCUT2D eigenvalue weighted by Crippen LogP contribution is -2.28. The number of esters is 1. The molecule has 0 fully saturated rings. The van der Waals surface area contributed by atoms with Crippen molar-refractivity contribution in [2.75, 3.05) is 6.61 Å². The average Bonchev–Trinajstić information content (AvgIpc) is 1.99. The van der Waals surface area contributed by atoms with E-state index in [1.165, 1.54) is 6.92 Å². The Morgan fingerprint density at radius 3 is 2.64 bits per heavy atom. The van der Waals surface area contributed by atoms with Gasteiger partial charge in [-0.15, -0.1) is 0 Å². The fourth-order valence-corrected chi connectivity index (χ4v) is 0.366. The average molecular weight is 160 g/mol. The van der Waals surface area contributed by atoms with Crippen LogP contribution in [-0.4, -0.2) is 35.0 Å². The number of aliphatic hydroxyl groups is 2. The molecule has 2 N–H and O–H groups in total. The van der Waals surface area contributed by atoms with E-state index >= 15 is 0 Å². The fourth-order valence-electron chi connectivity index (χ4n) is 0.366. The van der Waals surface area contributed by atoms with Gasteiger partial charge in [-0.2, -0.15) is 0 Å². The summed E-state index contributed by atoms with van der Waals surface area (Å²) in [5.41, 5.74) is 0. The van der Waals surface area contributed by atoms with Crippen LogP contribution >= 0.6 is 0 Å². The van der Waals surface area contributed by atoms with Crippen LogP contribution in [0.1, 0.15) is 6.92 Å². The molecule has 0 amide bonds. The van der Waals surface area contributed by atoms with E-state index in [-0.39, 0.29) is 6.61 Å². The summed E-state index contributed by atoms with van der Waals surface area (Å²) in [7, 11) is 0. The van der Waals surface area contributed by atoms with E-state index in [9.17, 15) is 4.79 Å². The summed E-state index contributed by atoms with van der Waals surface area (Å²) in [6, 6.07) is 0. The van der Waals surface area contributed by atoms with Crippen LogP contribution in [0.3, 0.4) is 0 Å². The molecule has 0 bridgehead atoms. The first-order valence-corrected chi connectivity index (χ1v) is 3.23. The van der Waals surface area contributed by atoms with Crippen LogP contribution < -0.4 is 0 Å². The summed E-state index contributed by atoms with van der Waals surface area (Å²) in [4.78, 5) is 10.4. The first-order chi connectivity index (χ1) is 5.07. The highest BCUT2D eigenvalue weighted by Gasteiger charge is 2.11. The van der Waals surface area contributed by atoms with Crippen molar-refractivity contribution in [3.05, 3.63) is 12.7 Å². The summed E-state index contributed by atoms with van der Waals surface area (Å²) in [5.74, 6) is -0.607. The van der Waals surface area contributed by atoms with Gasteiger partial charge in [0.25, 0.3) is 0 Å². The van der Waals surface area contributed by atoms with E-state index < -0.39 is 18.2 Å². The molecule has 0 aliphatic carbocycles. The predicted molar refractivity (Wildman–Crippen MR) is 38.8 cm³/mol. The van der Waals surface area contributed by atoms with Crippen LogP contribution in [-0.2, 0) is 9.53 Å². The van der Waals surface area contributed by atoms with Crippen molar-refractivity contribution >= 4 is 5.97 Å². The molecule has 0 spiro atoms. The number of hydrogen-bond donors (Lipinski definition) is 2. The molecule has 0 aromatic heterocycles. The molecule has 0 aliphatic heterocycles. The van der Waals surface area contributed by atoms with Crippen molar-refractivity contribution in [2.24, 2.45) is 0 Å². The number of carbonyl (C=O) groups is 1. The number of ether oxygens (including phenoxy) is 1. The van der Waals surface area contributed by atoms with Gasteiger partial charge in [0.05, 0.1) is 6.10 Å². The van der Waals surface area contributed by atoms with Gasteiger partial charge in [0.15, 0.2) is 0 Å². The Morgan fingerprint density at radius 1 is 1.73 bits per heavy atom. The van der Waals surface area contributed by atoms with E-state index in [4.69, 9.17) is 10.2 Å². The van der Waals surface area contributed by atoms with E-state index in [0.717, 1.165) is 6.08 Å². The van der Waals surface area contributed by atoms with Crippen LogP contribution in [0.2, 0.25) is 0 Å². The van der Waals surface area contributed by atoms with Crippen molar-refractivity contribution in [1.82, 2.24) is 0 Å². The van der Waals surface area contributed by atoms with Gasteiger partial charge in [0.2, 0.25) is 0 Å². The van der Waals surface area contributed by atoms with Crippen molar-refractivity contribution < 1.29 is 19.7 Å². The topological polar surface area (TPSA) is 66.8 Å². The fraction of sp³-hybridized carbons (Fsp3) is 0.571. The van der Waals surface area contributed by atoms with E-state index in [1.807, 2.05) is 0 Å². The maximum Gasteiger partial charge on any atom is 0.330 e. The van der Waals surface area contributed by atoms with Gasteiger partial charge in [-0.1, -0.05) is 6.58 Å². The molecule has 0 heterocycles. The molecule has 2 atom stereocenters. The maximum absolute atomic E-state index is 10.4. The molecule has 2 unspecified atom stereocenters. The highest BCUT2D eigenvalue weighted by molar-refractivity contribution is 5.81. The highest BCUT2D eigenvalue weighted by atomic mass is 16.5. The monoisotopic (exact) mass is 160 g/mol. The molecule has 11 heavy (non-hydrogen) atoms.